The Morgan fingerprint density at radius 3 is 2.57 bits per heavy atom. The molecule has 1 aliphatic rings. The molecule has 3 rings (SSSR count). The minimum atomic E-state index is -0.543. The molecule has 28 heavy (non-hydrogen) atoms. The van der Waals surface area contributed by atoms with E-state index in [-0.39, 0.29) is 18.2 Å². The van der Waals surface area contributed by atoms with Crippen molar-refractivity contribution in [2.45, 2.75) is 32.2 Å². The summed E-state index contributed by atoms with van der Waals surface area (Å²) in [6.07, 6.45) is 2.28. The fourth-order valence-electron chi connectivity index (χ4n) is 3.37. The van der Waals surface area contributed by atoms with Crippen molar-refractivity contribution in [2.75, 3.05) is 23.3 Å². The van der Waals surface area contributed by atoms with Crippen LogP contribution in [0.3, 0.4) is 0 Å². The molecule has 0 radical (unpaired) electrons. The number of hydrogen-bond acceptors (Lipinski definition) is 5. The lowest BCUT2D eigenvalue weighted by molar-refractivity contribution is -0.120. The van der Waals surface area contributed by atoms with Gasteiger partial charge in [-0.05, 0) is 42.5 Å². The van der Waals surface area contributed by atoms with Crippen LogP contribution in [0.4, 0.5) is 11.4 Å². The number of nitrogens with zero attached hydrogens (tertiary/aromatic N) is 1. The Hall–Kier alpha value is -2.87. The first-order chi connectivity index (χ1) is 13.4. The van der Waals surface area contributed by atoms with Gasteiger partial charge in [0.1, 0.15) is 0 Å². The minimum Gasteiger partial charge on any atom is -0.370 e. The maximum atomic E-state index is 12.8. The number of nitrogens with two attached hydrogens (primary N) is 1. The molecule has 1 atom stereocenters. The highest BCUT2D eigenvalue weighted by Crippen LogP contribution is 2.31. The van der Waals surface area contributed by atoms with E-state index in [1.807, 2.05) is 23.6 Å². The number of carbonyl (C=O) groups is 3. The minimum absolute atomic E-state index is 0.0976. The summed E-state index contributed by atoms with van der Waals surface area (Å²) in [5, 5.41) is 7.64. The average Bonchev–Trinajstić information content (AvgIpc) is 3.34. The molecular formula is C20H24N4O3S. The summed E-state index contributed by atoms with van der Waals surface area (Å²) in [7, 11) is 0. The summed E-state index contributed by atoms with van der Waals surface area (Å²) in [4.78, 5) is 39.0. The number of amides is 3. The van der Waals surface area contributed by atoms with Crippen molar-refractivity contribution < 1.29 is 14.4 Å². The van der Waals surface area contributed by atoms with E-state index in [2.05, 4.69) is 15.5 Å². The quantitative estimate of drug-likeness (QED) is 0.664. The van der Waals surface area contributed by atoms with Crippen molar-refractivity contribution in [3.05, 3.63) is 46.2 Å². The summed E-state index contributed by atoms with van der Waals surface area (Å²) in [5.41, 5.74) is 7.19. The second-order valence-corrected chi connectivity index (χ2v) is 7.79. The highest BCUT2D eigenvalue weighted by molar-refractivity contribution is 7.10. The zero-order chi connectivity index (χ0) is 20.1. The van der Waals surface area contributed by atoms with Gasteiger partial charge in [-0.3, -0.25) is 14.4 Å². The Kier molecular flexibility index (Phi) is 6.30. The van der Waals surface area contributed by atoms with Crippen molar-refractivity contribution in [1.82, 2.24) is 5.32 Å². The molecule has 1 aromatic carbocycles. The molecule has 0 unspecified atom stereocenters. The molecule has 0 saturated carbocycles. The Morgan fingerprint density at radius 1 is 1.21 bits per heavy atom. The van der Waals surface area contributed by atoms with Crippen molar-refractivity contribution in [1.29, 1.82) is 0 Å². The van der Waals surface area contributed by atoms with Gasteiger partial charge in [0.05, 0.1) is 23.8 Å². The van der Waals surface area contributed by atoms with Crippen LogP contribution in [-0.4, -0.2) is 30.8 Å². The lowest BCUT2D eigenvalue weighted by Crippen LogP contribution is -2.29. The highest BCUT2D eigenvalue weighted by Gasteiger charge is 2.21. The molecule has 1 saturated heterocycles. The summed E-state index contributed by atoms with van der Waals surface area (Å²) in [6.45, 7) is 3.24. The van der Waals surface area contributed by atoms with Gasteiger partial charge in [0, 0.05) is 30.5 Å². The van der Waals surface area contributed by atoms with Crippen molar-refractivity contribution in [3.8, 4) is 0 Å². The number of nitrogens with one attached hydrogen (secondary N) is 2. The predicted molar refractivity (Wildman–Crippen MR) is 111 cm³/mol. The third-order valence-electron chi connectivity index (χ3n) is 4.66. The van der Waals surface area contributed by atoms with Crippen LogP contribution in [0, 0.1) is 0 Å². The molecule has 0 spiro atoms. The standard InChI is InChI=1S/C20H24N4O3S/c1-13(25)22-16(18-5-4-10-28-18)12-19(26)23-15-11-14(20(21)27)6-7-17(15)24-8-2-3-9-24/h4-7,10-11,16H,2-3,8-9,12H2,1H3,(H2,21,27)(H,22,25)(H,23,26)/t16-/m1/s1. The van der Waals surface area contributed by atoms with Gasteiger partial charge in [-0.15, -0.1) is 11.3 Å². The highest BCUT2D eigenvalue weighted by atomic mass is 32.1. The van der Waals surface area contributed by atoms with Crippen LogP contribution in [0.5, 0.6) is 0 Å². The third kappa shape index (κ3) is 4.89. The van der Waals surface area contributed by atoms with Crippen LogP contribution in [0.2, 0.25) is 0 Å². The number of carbonyl (C=O) groups excluding carboxylic acids is 3. The molecule has 4 N–H and O–H groups in total. The van der Waals surface area contributed by atoms with E-state index in [9.17, 15) is 14.4 Å². The van der Waals surface area contributed by atoms with Crippen molar-refractivity contribution in [2.24, 2.45) is 5.73 Å². The van der Waals surface area contributed by atoms with E-state index in [0.717, 1.165) is 36.5 Å². The monoisotopic (exact) mass is 400 g/mol. The SMILES string of the molecule is CC(=O)N[C@H](CC(=O)Nc1cc(C(N)=O)ccc1N1CCCC1)c1cccs1. The first kappa shape index (κ1) is 19.9. The normalized spacial score (nSPS) is 14.5. The average molecular weight is 401 g/mol. The molecule has 1 aliphatic heterocycles. The van der Waals surface area contributed by atoms with E-state index in [1.54, 1.807) is 12.1 Å². The fourth-order valence-corrected chi connectivity index (χ4v) is 4.15. The van der Waals surface area contributed by atoms with E-state index >= 15 is 0 Å². The first-order valence-electron chi connectivity index (χ1n) is 9.23. The molecule has 1 aromatic heterocycles. The number of rotatable bonds is 7. The van der Waals surface area contributed by atoms with Gasteiger partial charge in [0.25, 0.3) is 0 Å². The number of thiophene rings is 1. The van der Waals surface area contributed by atoms with Gasteiger partial charge in [-0.2, -0.15) is 0 Å². The van der Waals surface area contributed by atoms with Gasteiger partial charge >= 0.3 is 0 Å². The second kappa shape index (κ2) is 8.88. The summed E-state index contributed by atoms with van der Waals surface area (Å²) in [6, 6.07) is 8.50. The van der Waals surface area contributed by atoms with Gasteiger partial charge in [-0.25, -0.2) is 0 Å². The Bertz CT molecular complexity index is 860. The molecule has 2 heterocycles. The molecule has 8 heteroatoms. The predicted octanol–water partition coefficient (Wildman–Crippen LogP) is 2.65. The Labute approximate surface area is 167 Å². The maximum absolute atomic E-state index is 12.8. The molecule has 1 fully saturated rings. The lowest BCUT2D eigenvalue weighted by atomic mass is 10.1. The Morgan fingerprint density at radius 2 is 1.96 bits per heavy atom. The summed E-state index contributed by atoms with van der Waals surface area (Å²) >= 11 is 1.49. The van der Waals surface area contributed by atoms with E-state index in [4.69, 9.17) is 5.73 Å². The number of primary amides is 1. The molecule has 0 aliphatic carbocycles. The van der Waals surface area contributed by atoms with Crippen LogP contribution < -0.4 is 21.3 Å². The largest absolute Gasteiger partial charge is 0.370 e. The van der Waals surface area contributed by atoms with Crippen LogP contribution in [0.1, 0.15) is 47.5 Å². The van der Waals surface area contributed by atoms with Crippen LogP contribution in [-0.2, 0) is 9.59 Å². The second-order valence-electron chi connectivity index (χ2n) is 6.81. The summed E-state index contributed by atoms with van der Waals surface area (Å²) in [5.74, 6) is -0.980. The van der Waals surface area contributed by atoms with E-state index in [1.165, 1.54) is 18.3 Å². The number of anilines is 2. The van der Waals surface area contributed by atoms with Gasteiger partial charge in [-0.1, -0.05) is 6.07 Å². The fraction of sp³-hybridized carbons (Fsp3) is 0.350. The zero-order valence-corrected chi connectivity index (χ0v) is 16.6. The molecule has 148 valence electrons. The van der Waals surface area contributed by atoms with Crippen molar-refractivity contribution in [3.63, 3.8) is 0 Å². The van der Waals surface area contributed by atoms with E-state index in [0.29, 0.717) is 11.3 Å². The summed E-state index contributed by atoms with van der Waals surface area (Å²) < 4.78 is 0. The lowest BCUT2D eigenvalue weighted by Gasteiger charge is -2.23. The van der Waals surface area contributed by atoms with Gasteiger partial charge < -0.3 is 21.3 Å². The number of hydrogen-bond donors (Lipinski definition) is 3. The maximum Gasteiger partial charge on any atom is 0.248 e. The molecule has 7 nitrogen and oxygen atoms in total. The van der Waals surface area contributed by atoms with E-state index < -0.39 is 11.9 Å². The topological polar surface area (TPSA) is 105 Å². The molecular weight excluding hydrogens is 376 g/mol. The first-order valence-corrected chi connectivity index (χ1v) is 10.1. The molecule has 2 aromatic rings. The van der Waals surface area contributed by atoms with Crippen LogP contribution in [0.25, 0.3) is 0 Å². The smallest absolute Gasteiger partial charge is 0.248 e. The van der Waals surface area contributed by atoms with Crippen LogP contribution in [0.15, 0.2) is 35.7 Å². The van der Waals surface area contributed by atoms with Gasteiger partial charge in [0.15, 0.2) is 0 Å². The zero-order valence-electron chi connectivity index (χ0n) is 15.7. The number of benzene rings is 1. The molecule has 0 bridgehead atoms. The van der Waals surface area contributed by atoms with Crippen LogP contribution >= 0.6 is 11.3 Å². The van der Waals surface area contributed by atoms with Crippen molar-refractivity contribution >= 4 is 40.4 Å². The molecule has 3 amide bonds. The van der Waals surface area contributed by atoms with Gasteiger partial charge in [0.2, 0.25) is 17.7 Å². The Balaban J connectivity index is 1.80. The third-order valence-corrected chi connectivity index (χ3v) is 5.64.